The molecule has 3 rings (SSSR count). The summed E-state index contributed by atoms with van der Waals surface area (Å²) < 4.78 is 5.30. The maximum atomic E-state index is 5.30. The highest BCUT2D eigenvalue weighted by molar-refractivity contribution is 5.86. The number of ether oxygens (including phenoxy) is 1. The number of likely N-dealkylation sites (N-methyl/N-ethyl adjacent to an activating group) is 1. The molecule has 0 amide bonds. The van der Waals surface area contributed by atoms with Gasteiger partial charge >= 0.3 is 0 Å². The van der Waals surface area contributed by atoms with Gasteiger partial charge in [0.15, 0.2) is 0 Å². The number of aromatic nitrogens is 1. The zero-order chi connectivity index (χ0) is 12.5. The number of fused-ring (bicyclic) bond motifs is 3. The Morgan fingerprint density at radius 1 is 1.44 bits per heavy atom. The minimum absolute atomic E-state index is 0.640. The molecule has 0 saturated carbocycles. The molecule has 0 spiro atoms. The molecule has 0 aliphatic heterocycles. The van der Waals surface area contributed by atoms with E-state index in [-0.39, 0.29) is 0 Å². The molecule has 3 heteroatoms. The summed E-state index contributed by atoms with van der Waals surface area (Å²) in [5.41, 5.74) is 4.15. The van der Waals surface area contributed by atoms with E-state index in [1.165, 1.54) is 41.4 Å². The lowest BCUT2D eigenvalue weighted by atomic mass is 9.85. The van der Waals surface area contributed by atoms with Gasteiger partial charge in [0.05, 0.1) is 7.11 Å². The van der Waals surface area contributed by atoms with Crippen LogP contribution in [0.2, 0.25) is 0 Å². The van der Waals surface area contributed by atoms with Crippen LogP contribution >= 0.6 is 0 Å². The Kier molecular flexibility index (Phi) is 3.00. The summed E-state index contributed by atoms with van der Waals surface area (Å²) in [6, 6.07) is 6.35. The van der Waals surface area contributed by atoms with Crippen LogP contribution in [0.5, 0.6) is 5.75 Å². The Hall–Kier alpha value is -1.48. The van der Waals surface area contributed by atoms with E-state index in [1.54, 1.807) is 7.11 Å². The van der Waals surface area contributed by atoms with Gasteiger partial charge in [0, 0.05) is 29.2 Å². The Morgan fingerprint density at radius 2 is 2.33 bits per heavy atom. The third-order valence-corrected chi connectivity index (χ3v) is 3.97. The molecule has 0 fully saturated rings. The first-order valence-electron chi connectivity index (χ1n) is 6.66. The van der Waals surface area contributed by atoms with Gasteiger partial charge in [-0.25, -0.2) is 0 Å². The molecule has 18 heavy (non-hydrogen) atoms. The van der Waals surface area contributed by atoms with E-state index >= 15 is 0 Å². The zero-order valence-electron chi connectivity index (χ0n) is 11.0. The van der Waals surface area contributed by atoms with Crippen LogP contribution in [0.15, 0.2) is 18.2 Å². The van der Waals surface area contributed by atoms with E-state index in [0.29, 0.717) is 5.92 Å². The summed E-state index contributed by atoms with van der Waals surface area (Å²) in [4.78, 5) is 3.57. The summed E-state index contributed by atoms with van der Waals surface area (Å²) in [6.07, 6.45) is 3.74. The van der Waals surface area contributed by atoms with Crippen molar-refractivity contribution < 1.29 is 4.74 Å². The third-order valence-electron chi connectivity index (χ3n) is 3.97. The van der Waals surface area contributed by atoms with Crippen LogP contribution in [-0.2, 0) is 6.42 Å². The monoisotopic (exact) mass is 244 g/mol. The molecular formula is C15H20N2O. The molecule has 1 heterocycles. The number of aromatic amines is 1. The highest BCUT2D eigenvalue weighted by atomic mass is 16.5. The molecular weight excluding hydrogens is 224 g/mol. The molecule has 2 N–H and O–H groups in total. The Balaban J connectivity index is 2.13. The van der Waals surface area contributed by atoms with Gasteiger partial charge in [-0.15, -0.1) is 0 Å². The SMILES string of the molecule is CNCC1CCCc2[nH]c3cc(OC)ccc3c21. The molecule has 0 radical (unpaired) electrons. The Morgan fingerprint density at radius 3 is 3.11 bits per heavy atom. The summed E-state index contributed by atoms with van der Waals surface area (Å²) in [7, 11) is 3.75. The van der Waals surface area contributed by atoms with Gasteiger partial charge in [0.2, 0.25) is 0 Å². The van der Waals surface area contributed by atoms with E-state index < -0.39 is 0 Å². The predicted molar refractivity (Wildman–Crippen MR) is 74.5 cm³/mol. The van der Waals surface area contributed by atoms with Crippen molar-refractivity contribution in [1.82, 2.24) is 10.3 Å². The summed E-state index contributed by atoms with van der Waals surface area (Å²) in [5, 5.41) is 4.68. The van der Waals surface area contributed by atoms with E-state index in [2.05, 4.69) is 28.5 Å². The van der Waals surface area contributed by atoms with Crippen molar-refractivity contribution in [3.63, 3.8) is 0 Å². The van der Waals surface area contributed by atoms with E-state index in [9.17, 15) is 0 Å². The van der Waals surface area contributed by atoms with Crippen LogP contribution in [0.4, 0.5) is 0 Å². The van der Waals surface area contributed by atoms with Gasteiger partial charge in [-0.3, -0.25) is 0 Å². The number of benzene rings is 1. The van der Waals surface area contributed by atoms with Gasteiger partial charge < -0.3 is 15.0 Å². The van der Waals surface area contributed by atoms with Gasteiger partial charge in [0.25, 0.3) is 0 Å². The fraction of sp³-hybridized carbons (Fsp3) is 0.467. The van der Waals surface area contributed by atoms with Crippen LogP contribution < -0.4 is 10.1 Å². The van der Waals surface area contributed by atoms with Crippen LogP contribution in [0.3, 0.4) is 0 Å². The van der Waals surface area contributed by atoms with Gasteiger partial charge in [-0.1, -0.05) is 0 Å². The standard InChI is InChI=1S/C15H20N2O/c1-16-9-10-4-3-5-13-15(10)12-7-6-11(18-2)8-14(12)17-13/h6-8,10,16-17H,3-5,9H2,1-2H3. The molecule has 96 valence electrons. The molecule has 1 aromatic heterocycles. The highest BCUT2D eigenvalue weighted by Gasteiger charge is 2.24. The number of methoxy groups -OCH3 is 1. The lowest BCUT2D eigenvalue weighted by Crippen LogP contribution is -2.20. The maximum absolute atomic E-state index is 5.30. The Bertz CT molecular complexity index is 559. The summed E-state index contributed by atoms with van der Waals surface area (Å²) >= 11 is 0. The average Bonchev–Trinajstić information content (AvgIpc) is 2.77. The van der Waals surface area contributed by atoms with Gasteiger partial charge in [0.1, 0.15) is 5.75 Å². The van der Waals surface area contributed by atoms with Gasteiger partial charge in [-0.05, 0) is 49.9 Å². The molecule has 1 aromatic carbocycles. The molecule has 1 aliphatic carbocycles. The minimum Gasteiger partial charge on any atom is -0.497 e. The normalized spacial score (nSPS) is 18.9. The van der Waals surface area contributed by atoms with Crippen molar-refractivity contribution in [3.05, 3.63) is 29.5 Å². The lowest BCUT2D eigenvalue weighted by Gasteiger charge is -2.22. The second kappa shape index (κ2) is 4.65. The smallest absolute Gasteiger partial charge is 0.120 e. The molecule has 1 aliphatic rings. The number of aryl methyl sites for hydroxylation is 1. The molecule has 3 nitrogen and oxygen atoms in total. The first kappa shape index (κ1) is 11.6. The fourth-order valence-corrected chi connectivity index (χ4v) is 3.16. The van der Waals surface area contributed by atoms with Crippen LogP contribution in [-0.4, -0.2) is 25.7 Å². The summed E-state index contributed by atoms with van der Waals surface area (Å²) in [5.74, 6) is 1.56. The van der Waals surface area contributed by atoms with E-state index in [4.69, 9.17) is 4.74 Å². The number of rotatable bonds is 3. The zero-order valence-corrected chi connectivity index (χ0v) is 11.0. The number of H-pyrrole nitrogens is 1. The van der Waals surface area contributed by atoms with Gasteiger partial charge in [-0.2, -0.15) is 0 Å². The maximum Gasteiger partial charge on any atom is 0.120 e. The van der Waals surface area contributed by atoms with E-state index in [1.807, 2.05) is 7.05 Å². The van der Waals surface area contributed by atoms with Crippen molar-refractivity contribution >= 4 is 10.9 Å². The van der Waals surface area contributed by atoms with Crippen LogP contribution in [0, 0.1) is 0 Å². The predicted octanol–water partition coefficient (Wildman–Crippen LogP) is 2.82. The Labute approximate surface area is 108 Å². The van der Waals surface area contributed by atoms with Crippen molar-refractivity contribution in [2.75, 3.05) is 20.7 Å². The van der Waals surface area contributed by atoms with E-state index in [0.717, 1.165) is 12.3 Å². The summed E-state index contributed by atoms with van der Waals surface area (Å²) in [6.45, 7) is 1.06. The number of hydrogen-bond acceptors (Lipinski definition) is 2. The van der Waals surface area contributed by atoms with Crippen LogP contribution in [0.25, 0.3) is 10.9 Å². The second-order valence-corrected chi connectivity index (χ2v) is 5.08. The number of hydrogen-bond donors (Lipinski definition) is 2. The first-order valence-corrected chi connectivity index (χ1v) is 6.66. The molecule has 0 bridgehead atoms. The first-order chi connectivity index (χ1) is 8.83. The molecule has 2 aromatic rings. The van der Waals surface area contributed by atoms with Crippen LogP contribution in [0.1, 0.15) is 30.0 Å². The van der Waals surface area contributed by atoms with Crippen molar-refractivity contribution in [2.45, 2.75) is 25.2 Å². The quantitative estimate of drug-likeness (QED) is 0.871. The second-order valence-electron chi connectivity index (χ2n) is 5.08. The molecule has 1 unspecified atom stereocenters. The lowest BCUT2D eigenvalue weighted by molar-refractivity contribution is 0.415. The largest absolute Gasteiger partial charge is 0.497 e. The molecule has 1 atom stereocenters. The minimum atomic E-state index is 0.640. The topological polar surface area (TPSA) is 37.0 Å². The third kappa shape index (κ3) is 1.79. The van der Waals surface area contributed by atoms with Crippen molar-refractivity contribution in [3.8, 4) is 5.75 Å². The van der Waals surface area contributed by atoms with Crippen molar-refractivity contribution in [1.29, 1.82) is 0 Å². The number of nitrogens with one attached hydrogen (secondary N) is 2. The molecule has 0 saturated heterocycles. The average molecular weight is 244 g/mol. The highest BCUT2D eigenvalue weighted by Crippen LogP contribution is 2.37. The van der Waals surface area contributed by atoms with Crippen molar-refractivity contribution in [2.24, 2.45) is 0 Å². The fourth-order valence-electron chi connectivity index (χ4n) is 3.16.